The van der Waals surface area contributed by atoms with Gasteiger partial charge in [0, 0.05) is 0 Å². The van der Waals surface area contributed by atoms with Crippen molar-refractivity contribution in [3.63, 3.8) is 0 Å². The Morgan fingerprint density at radius 1 is 0.742 bits per heavy atom. The van der Waals surface area contributed by atoms with E-state index in [1.54, 1.807) is 0 Å². The van der Waals surface area contributed by atoms with Gasteiger partial charge in [0.25, 0.3) is 0 Å². The van der Waals surface area contributed by atoms with Crippen LogP contribution in [0.1, 0.15) is 78.1 Å². The second-order valence-corrected chi connectivity index (χ2v) is 23.3. The summed E-state index contributed by atoms with van der Waals surface area (Å²) in [6.45, 7) is 20.3. The van der Waals surface area contributed by atoms with Crippen molar-refractivity contribution in [1.82, 2.24) is 0 Å². The van der Waals surface area contributed by atoms with Gasteiger partial charge >= 0.3 is 0 Å². The van der Waals surface area contributed by atoms with Gasteiger partial charge in [-0.15, -0.1) is 0 Å². The molecule has 4 aliphatic carbocycles. The van der Waals surface area contributed by atoms with E-state index < -0.39 is 16.6 Å². The first-order valence-corrected chi connectivity index (χ1v) is 20.5. The molecule has 0 saturated heterocycles. The van der Waals surface area contributed by atoms with Gasteiger partial charge in [0.1, 0.15) is 0 Å². The largest absolute Gasteiger partial charge is 0.415 e. The van der Waals surface area contributed by atoms with Crippen LogP contribution in [-0.4, -0.2) is 29.3 Å². The molecule has 2 nitrogen and oxygen atoms in total. The Bertz CT molecular complexity index is 638. The second kappa shape index (κ2) is 8.54. The number of hydrogen-bond donors (Lipinski definition) is 0. The first kappa shape index (κ1) is 24.5. The van der Waals surface area contributed by atoms with Crippen LogP contribution in [0.5, 0.6) is 0 Å². The Morgan fingerprint density at radius 3 is 2.13 bits per heavy atom. The molecule has 0 aromatic carbocycles. The molecular weight excluding hydrogens is 412 g/mol. The summed E-state index contributed by atoms with van der Waals surface area (Å²) in [7, 11) is -3.14. The van der Waals surface area contributed by atoms with Crippen LogP contribution < -0.4 is 0 Å². The summed E-state index contributed by atoms with van der Waals surface area (Å²) in [4.78, 5) is 0. The van der Waals surface area contributed by atoms with Crippen LogP contribution in [0.2, 0.25) is 39.3 Å². The number of rotatable bonds is 6. The predicted octanol–water partition coefficient (Wildman–Crippen LogP) is 8.11. The molecule has 0 spiro atoms. The lowest BCUT2D eigenvalue weighted by atomic mass is 9.45. The van der Waals surface area contributed by atoms with Gasteiger partial charge in [-0.05, 0) is 131 Å². The minimum absolute atomic E-state index is 0.312. The molecule has 0 bridgehead atoms. The summed E-state index contributed by atoms with van der Waals surface area (Å²) in [5, 5.41) is 0. The highest BCUT2D eigenvalue weighted by molar-refractivity contribution is 6.70. The van der Waals surface area contributed by atoms with E-state index in [9.17, 15) is 0 Å². The summed E-state index contributed by atoms with van der Waals surface area (Å²) in [6.07, 6.45) is 15.1. The van der Waals surface area contributed by atoms with Gasteiger partial charge in [-0.3, -0.25) is 0 Å². The summed E-state index contributed by atoms with van der Waals surface area (Å²) in [5.41, 5.74) is 1.11. The van der Waals surface area contributed by atoms with Crippen LogP contribution in [0, 0.1) is 40.4 Å². The minimum atomic E-state index is -1.61. The highest BCUT2D eigenvalue weighted by Crippen LogP contribution is 2.68. The average Bonchev–Trinajstić information content (AvgIpc) is 3.00. The molecule has 0 aromatic heterocycles. The molecule has 0 heterocycles. The van der Waals surface area contributed by atoms with Crippen LogP contribution in [0.4, 0.5) is 0 Å². The van der Waals surface area contributed by atoms with E-state index in [0.29, 0.717) is 22.9 Å². The summed E-state index contributed by atoms with van der Waals surface area (Å²) in [6, 6.07) is 0. The van der Waals surface area contributed by atoms with Crippen molar-refractivity contribution in [2.45, 2.75) is 123 Å². The SMILES string of the molecule is C[C@]12CCC3C(CC[C@H]4CCCC[C@]34C)C1CCC2[C@H](CO[Si](C)(C)C)O[Si](C)(C)C. The molecule has 0 radical (unpaired) electrons. The van der Waals surface area contributed by atoms with Crippen molar-refractivity contribution in [3.05, 3.63) is 0 Å². The van der Waals surface area contributed by atoms with Gasteiger partial charge in [-0.1, -0.05) is 26.7 Å². The lowest BCUT2D eigenvalue weighted by Crippen LogP contribution is -2.54. The van der Waals surface area contributed by atoms with Crippen molar-refractivity contribution in [1.29, 1.82) is 0 Å². The van der Waals surface area contributed by atoms with Crippen LogP contribution in [0.3, 0.4) is 0 Å². The zero-order valence-electron chi connectivity index (χ0n) is 22.1. The topological polar surface area (TPSA) is 18.5 Å². The van der Waals surface area contributed by atoms with Crippen molar-refractivity contribution in [2.24, 2.45) is 40.4 Å². The van der Waals surface area contributed by atoms with Crippen LogP contribution in [-0.2, 0) is 8.85 Å². The third-order valence-electron chi connectivity index (χ3n) is 10.3. The van der Waals surface area contributed by atoms with E-state index in [1.807, 2.05) is 0 Å². The van der Waals surface area contributed by atoms with Gasteiger partial charge in [0.05, 0.1) is 12.7 Å². The molecule has 4 saturated carbocycles. The standard InChI is InChI=1S/C27H52O2Si2/c1-26-17-10-9-11-20(26)12-13-21-22-14-15-24(27(22,2)18-16-23(21)26)25(29-31(6,7)8)19-28-30(3,4)5/h20-25H,9-19H2,1-8H3/t20-,21?,22?,23?,24?,25+,26+,27+/m1/s1. The normalized spacial score (nSPS) is 44.3. The Kier molecular flexibility index (Phi) is 6.74. The van der Waals surface area contributed by atoms with E-state index in [4.69, 9.17) is 8.85 Å². The lowest BCUT2D eigenvalue weighted by molar-refractivity contribution is -0.120. The molecule has 0 amide bonds. The molecule has 8 atom stereocenters. The van der Waals surface area contributed by atoms with Gasteiger partial charge in [0.15, 0.2) is 16.6 Å². The Labute approximate surface area is 195 Å². The van der Waals surface area contributed by atoms with Gasteiger partial charge in [-0.25, -0.2) is 0 Å². The van der Waals surface area contributed by atoms with Crippen LogP contribution in [0.25, 0.3) is 0 Å². The fourth-order valence-electron chi connectivity index (χ4n) is 8.97. The molecule has 31 heavy (non-hydrogen) atoms. The maximum absolute atomic E-state index is 6.91. The van der Waals surface area contributed by atoms with Gasteiger partial charge in [0.2, 0.25) is 0 Å². The molecule has 4 heteroatoms. The monoisotopic (exact) mass is 464 g/mol. The molecular formula is C27H52O2Si2. The summed E-state index contributed by atoms with van der Waals surface area (Å²) in [5.74, 6) is 4.62. The zero-order valence-corrected chi connectivity index (χ0v) is 24.1. The van der Waals surface area contributed by atoms with Crippen LogP contribution in [0.15, 0.2) is 0 Å². The molecule has 0 N–H and O–H groups in total. The Balaban J connectivity index is 1.55. The van der Waals surface area contributed by atoms with Crippen molar-refractivity contribution >= 4 is 16.6 Å². The van der Waals surface area contributed by atoms with Crippen molar-refractivity contribution in [2.75, 3.05) is 6.61 Å². The summed E-state index contributed by atoms with van der Waals surface area (Å²) < 4.78 is 13.4. The quantitative estimate of drug-likeness (QED) is 0.369. The molecule has 4 fully saturated rings. The fourth-order valence-corrected chi connectivity index (χ4v) is 10.8. The van der Waals surface area contributed by atoms with Crippen molar-refractivity contribution in [3.8, 4) is 0 Å². The fraction of sp³-hybridized carbons (Fsp3) is 1.00. The van der Waals surface area contributed by atoms with Gasteiger partial charge < -0.3 is 8.85 Å². The first-order valence-electron chi connectivity index (χ1n) is 13.7. The molecule has 0 aliphatic heterocycles. The molecule has 4 rings (SSSR count). The highest BCUT2D eigenvalue weighted by Gasteiger charge is 2.60. The smallest absolute Gasteiger partial charge is 0.184 e. The highest BCUT2D eigenvalue weighted by atomic mass is 28.4. The third kappa shape index (κ3) is 4.79. The van der Waals surface area contributed by atoms with E-state index in [0.717, 1.165) is 30.3 Å². The maximum Gasteiger partial charge on any atom is 0.184 e. The Morgan fingerprint density at radius 2 is 1.45 bits per heavy atom. The average molecular weight is 465 g/mol. The van der Waals surface area contributed by atoms with Crippen LogP contribution >= 0.6 is 0 Å². The first-order chi connectivity index (χ1) is 14.3. The molecule has 180 valence electrons. The lowest BCUT2D eigenvalue weighted by Gasteiger charge is -2.61. The van der Waals surface area contributed by atoms with Crippen molar-refractivity contribution < 1.29 is 8.85 Å². The summed E-state index contributed by atoms with van der Waals surface area (Å²) >= 11 is 0. The van der Waals surface area contributed by atoms with Gasteiger partial charge in [-0.2, -0.15) is 0 Å². The molecule has 0 aromatic rings. The van der Waals surface area contributed by atoms with E-state index >= 15 is 0 Å². The predicted molar refractivity (Wildman–Crippen MR) is 137 cm³/mol. The van der Waals surface area contributed by atoms with E-state index in [-0.39, 0.29) is 0 Å². The third-order valence-corrected chi connectivity index (χ3v) is 12.3. The minimum Gasteiger partial charge on any atom is -0.415 e. The number of fused-ring (bicyclic) bond motifs is 5. The second-order valence-electron chi connectivity index (χ2n) is 14.3. The zero-order chi connectivity index (χ0) is 22.7. The van der Waals surface area contributed by atoms with E-state index in [1.165, 1.54) is 64.2 Å². The number of hydrogen-bond acceptors (Lipinski definition) is 2. The molecule has 4 aliphatic rings. The maximum atomic E-state index is 6.91. The van der Waals surface area contributed by atoms with E-state index in [2.05, 4.69) is 53.1 Å². The molecule has 4 unspecified atom stereocenters. The Hall–Kier alpha value is 0.354.